The molecule has 0 atom stereocenters. The molecule has 0 aliphatic rings. The molecule has 0 saturated heterocycles. The highest BCUT2D eigenvalue weighted by Gasteiger charge is 2.31. The number of nitro groups is 1. The number of benzene rings is 2. The number of nitrogens with one attached hydrogen (secondary N) is 1. The standard InChI is InChI=1S/C19H16F3N5O3/c1-25(2)15-6-4-13(19(20,21)22)10-14(15)24-18(28)12-3-5-16(17(9-12)27(29)30)26-8-7-23-11-26/h3-11H,1-2H3,(H,24,28). The second-order valence-electron chi connectivity index (χ2n) is 6.51. The predicted octanol–water partition coefficient (Wildman–Crippen LogP) is 4.12. The fraction of sp³-hybridized carbons (Fsp3) is 0.158. The smallest absolute Gasteiger partial charge is 0.376 e. The van der Waals surface area contributed by atoms with E-state index >= 15 is 0 Å². The fourth-order valence-corrected chi connectivity index (χ4v) is 2.83. The van der Waals surface area contributed by atoms with E-state index in [-0.39, 0.29) is 22.6 Å². The Morgan fingerprint density at radius 2 is 1.93 bits per heavy atom. The number of nitro benzene ring substituents is 1. The monoisotopic (exact) mass is 419 g/mol. The summed E-state index contributed by atoms with van der Waals surface area (Å²) in [6, 6.07) is 6.75. The van der Waals surface area contributed by atoms with Gasteiger partial charge >= 0.3 is 6.18 Å². The Hall–Kier alpha value is -3.89. The summed E-state index contributed by atoms with van der Waals surface area (Å²) in [4.78, 5) is 28.8. The maximum Gasteiger partial charge on any atom is 0.416 e. The number of anilines is 2. The number of aromatic nitrogens is 2. The van der Waals surface area contributed by atoms with Gasteiger partial charge in [0.25, 0.3) is 11.6 Å². The van der Waals surface area contributed by atoms with Crippen molar-refractivity contribution in [3.05, 3.63) is 76.4 Å². The Bertz CT molecular complexity index is 1100. The molecule has 0 spiro atoms. The SMILES string of the molecule is CN(C)c1ccc(C(F)(F)F)cc1NC(=O)c1ccc(-n2ccnc2)c([N+](=O)[O-])c1. The highest BCUT2D eigenvalue weighted by atomic mass is 19.4. The highest BCUT2D eigenvalue weighted by molar-refractivity contribution is 6.06. The number of hydrogen-bond acceptors (Lipinski definition) is 5. The van der Waals surface area contributed by atoms with Crippen LogP contribution in [-0.2, 0) is 6.18 Å². The van der Waals surface area contributed by atoms with Gasteiger partial charge in [-0.25, -0.2) is 4.98 Å². The van der Waals surface area contributed by atoms with Crippen molar-refractivity contribution >= 4 is 23.0 Å². The van der Waals surface area contributed by atoms with E-state index in [0.717, 1.165) is 18.2 Å². The van der Waals surface area contributed by atoms with Crippen LogP contribution >= 0.6 is 0 Å². The zero-order valence-electron chi connectivity index (χ0n) is 15.8. The molecule has 1 amide bonds. The maximum absolute atomic E-state index is 13.1. The van der Waals surface area contributed by atoms with Crippen LogP contribution in [0, 0.1) is 10.1 Å². The lowest BCUT2D eigenvalue weighted by Gasteiger charge is -2.20. The van der Waals surface area contributed by atoms with E-state index in [1.165, 1.54) is 41.5 Å². The van der Waals surface area contributed by atoms with Crippen molar-refractivity contribution in [3.8, 4) is 5.69 Å². The van der Waals surface area contributed by atoms with Gasteiger partial charge in [0.2, 0.25) is 0 Å². The first-order valence-corrected chi connectivity index (χ1v) is 8.54. The van der Waals surface area contributed by atoms with Gasteiger partial charge in [-0.2, -0.15) is 13.2 Å². The zero-order valence-corrected chi connectivity index (χ0v) is 15.8. The first-order valence-electron chi connectivity index (χ1n) is 8.54. The molecule has 1 N–H and O–H groups in total. The minimum absolute atomic E-state index is 0.0684. The molecule has 3 aromatic rings. The molecule has 0 unspecified atom stereocenters. The summed E-state index contributed by atoms with van der Waals surface area (Å²) in [5, 5.41) is 13.9. The van der Waals surface area contributed by atoms with E-state index in [2.05, 4.69) is 10.3 Å². The fourth-order valence-electron chi connectivity index (χ4n) is 2.83. The third-order valence-corrected chi connectivity index (χ3v) is 4.27. The number of carbonyl (C=O) groups excluding carboxylic acids is 1. The molecule has 0 fully saturated rings. The van der Waals surface area contributed by atoms with E-state index < -0.39 is 22.6 Å². The van der Waals surface area contributed by atoms with Crippen LogP contribution in [0.1, 0.15) is 15.9 Å². The van der Waals surface area contributed by atoms with Gasteiger partial charge in [0, 0.05) is 38.1 Å². The second-order valence-corrected chi connectivity index (χ2v) is 6.51. The van der Waals surface area contributed by atoms with Gasteiger partial charge in [0.1, 0.15) is 5.69 Å². The average molecular weight is 419 g/mol. The molecule has 0 saturated carbocycles. The summed E-state index contributed by atoms with van der Waals surface area (Å²) >= 11 is 0. The predicted molar refractivity (Wildman–Crippen MR) is 104 cm³/mol. The van der Waals surface area contributed by atoms with Gasteiger partial charge in [0.05, 0.1) is 28.2 Å². The summed E-state index contributed by atoms with van der Waals surface area (Å²) < 4.78 is 40.6. The molecule has 2 aromatic carbocycles. The van der Waals surface area contributed by atoms with Crippen LogP contribution in [0.3, 0.4) is 0 Å². The summed E-state index contributed by atoms with van der Waals surface area (Å²) in [6.45, 7) is 0. The molecule has 11 heteroatoms. The molecular weight excluding hydrogens is 403 g/mol. The minimum Gasteiger partial charge on any atom is -0.376 e. The number of nitrogens with zero attached hydrogens (tertiary/aromatic N) is 4. The third kappa shape index (κ3) is 4.24. The maximum atomic E-state index is 13.1. The van der Waals surface area contributed by atoms with Gasteiger partial charge in [0.15, 0.2) is 0 Å². The largest absolute Gasteiger partial charge is 0.416 e. The van der Waals surface area contributed by atoms with Crippen molar-refractivity contribution in [1.29, 1.82) is 0 Å². The lowest BCUT2D eigenvalue weighted by molar-refractivity contribution is -0.384. The van der Waals surface area contributed by atoms with Gasteiger partial charge in [-0.15, -0.1) is 0 Å². The molecule has 3 rings (SSSR count). The normalized spacial score (nSPS) is 11.2. The van der Waals surface area contributed by atoms with Gasteiger partial charge in [-0.1, -0.05) is 0 Å². The quantitative estimate of drug-likeness (QED) is 0.496. The van der Waals surface area contributed by atoms with Crippen molar-refractivity contribution < 1.29 is 22.9 Å². The Morgan fingerprint density at radius 1 is 1.20 bits per heavy atom. The number of alkyl halides is 3. The Balaban J connectivity index is 1.98. The minimum atomic E-state index is -4.59. The number of hydrogen-bond donors (Lipinski definition) is 1. The van der Waals surface area contributed by atoms with E-state index in [0.29, 0.717) is 5.69 Å². The van der Waals surface area contributed by atoms with Crippen LogP contribution < -0.4 is 10.2 Å². The lowest BCUT2D eigenvalue weighted by Crippen LogP contribution is -2.18. The Labute approximate surface area is 168 Å². The molecule has 0 aliphatic heterocycles. The Kier molecular flexibility index (Phi) is 5.45. The van der Waals surface area contributed by atoms with Gasteiger partial charge in [-0.05, 0) is 30.3 Å². The number of imidazole rings is 1. The number of carbonyl (C=O) groups is 1. The number of amides is 1. The van der Waals surface area contributed by atoms with E-state index in [1.54, 1.807) is 19.0 Å². The third-order valence-electron chi connectivity index (χ3n) is 4.27. The van der Waals surface area contributed by atoms with Crippen LogP contribution in [0.25, 0.3) is 5.69 Å². The number of rotatable bonds is 5. The molecule has 0 radical (unpaired) electrons. The summed E-state index contributed by atoms with van der Waals surface area (Å²) in [5.41, 5.74) is -0.876. The van der Waals surface area contributed by atoms with Crippen LogP contribution in [0.5, 0.6) is 0 Å². The van der Waals surface area contributed by atoms with Crippen molar-refractivity contribution in [2.24, 2.45) is 0 Å². The average Bonchev–Trinajstić information content (AvgIpc) is 3.21. The van der Waals surface area contributed by atoms with Crippen molar-refractivity contribution in [2.45, 2.75) is 6.18 Å². The Morgan fingerprint density at radius 3 is 2.50 bits per heavy atom. The van der Waals surface area contributed by atoms with E-state index in [4.69, 9.17) is 0 Å². The lowest BCUT2D eigenvalue weighted by atomic mass is 10.1. The van der Waals surface area contributed by atoms with Crippen LogP contribution in [0.4, 0.5) is 30.2 Å². The number of halogens is 3. The first kappa shape index (κ1) is 20.8. The topological polar surface area (TPSA) is 93.3 Å². The molecular formula is C19H16F3N5O3. The summed E-state index contributed by atoms with van der Waals surface area (Å²) in [5.74, 6) is -0.780. The molecule has 8 nitrogen and oxygen atoms in total. The van der Waals surface area contributed by atoms with Crippen molar-refractivity contribution in [1.82, 2.24) is 9.55 Å². The van der Waals surface area contributed by atoms with Crippen LogP contribution in [0.15, 0.2) is 55.1 Å². The molecule has 30 heavy (non-hydrogen) atoms. The zero-order chi connectivity index (χ0) is 22.1. The van der Waals surface area contributed by atoms with Crippen molar-refractivity contribution in [3.63, 3.8) is 0 Å². The molecule has 156 valence electrons. The second kappa shape index (κ2) is 7.85. The molecule has 0 bridgehead atoms. The highest BCUT2D eigenvalue weighted by Crippen LogP contribution is 2.35. The van der Waals surface area contributed by atoms with Gasteiger partial charge < -0.3 is 14.8 Å². The molecule has 1 heterocycles. The first-order chi connectivity index (χ1) is 14.1. The van der Waals surface area contributed by atoms with E-state index in [9.17, 15) is 28.1 Å². The molecule has 1 aromatic heterocycles. The van der Waals surface area contributed by atoms with Crippen LogP contribution in [-0.4, -0.2) is 34.5 Å². The molecule has 0 aliphatic carbocycles. The summed E-state index contributed by atoms with van der Waals surface area (Å²) in [6.07, 6.45) is -0.265. The van der Waals surface area contributed by atoms with Gasteiger partial charge in [-0.3, -0.25) is 14.9 Å². The van der Waals surface area contributed by atoms with Crippen LogP contribution in [0.2, 0.25) is 0 Å². The van der Waals surface area contributed by atoms with E-state index in [1.807, 2.05) is 0 Å². The van der Waals surface area contributed by atoms with Crippen molar-refractivity contribution in [2.75, 3.05) is 24.3 Å². The summed E-state index contributed by atoms with van der Waals surface area (Å²) in [7, 11) is 3.23.